The van der Waals surface area contributed by atoms with Crippen LogP contribution in [-0.2, 0) is 0 Å². The van der Waals surface area contributed by atoms with E-state index in [0.29, 0.717) is 24.6 Å². The van der Waals surface area contributed by atoms with E-state index in [4.69, 9.17) is 0 Å². The highest BCUT2D eigenvalue weighted by Crippen LogP contribution is 2.10. The van der Waals surface area contributed by atoms with Crippen molar-refractivity contribution in [3.05, 3.63) is 71.8 Å². The summed E-state index contributed by atoms with van der Waals surface area (Å²) in [5.41, 5.74) is 1.86. The number of amides is 1. The molecule has 24 heavy (non-hydrogen) atoms. The van der Waals surface area contributed by atoms with Gasteiger partial charge in [0.15, 0.2) is 5.96 Å². The third kappa shape index (κ3) is 5.43. The van der Waals surface area contributed by atoms with Gasteiger partial charge in [0.2, 0.25) is 0 Å². The molecule has 0 aliphatic rings. The second-order valence-corrected chi connectivity index (χ2v) is 5.40. The Morgan fingerprint density at radius 2 is 1.54 bits per heavy atom. The fourth-order valence-electron chi connectivity index (χ4n) is 2.27. The molecule has 0 fully saturated rings. The number of aliphatic imine (C=N–C) groups is 1. The molecule has 0 heterocycles. The van der Waals surface area contributed by atoms with E-state index in [2.05, 4.69) is 40.0 Å². The Kier molecular flexibility index (Phi) is 6.83. The molecule has 0 saturated carbocycles. The normalized spacial score (nSPS) is 12.3. The molecule has 0 spiro atoms. The van der Waals surface area contributed by atoms with Gasteiger partial charge in [-0.25, -0.2) is 0 Å². The van der Waals surface area contributed by atoms with Gasteiger partial charge in [0.05, 0.1) is 6.04 Å². The average Bonchev–Trinajstić information content (AvgIpc) is 2.65. The first kappa shape index (κ1) is 17.5. The summed E-state index contributed by atoms with van der Waals surface area (Å²) < 4.78 is 0. The van der Waals surface area contributed by atoms with Crippen LogP contribution in [0, 0.1) is 0 Å². The molecule has 0 aromatic heterocycles. The Labute approximate surface area is 143 Å². The number of hydrogen-bond acceptors (Lipinski definition) is 2. The van der Waals surface area contributed by atoms with Gasteiger partial charge < -0.3 is 16.0 Å². The minimum absolute atomic E-state index is 0.0713. The van der Waals surface area contributed by atoms with Crippen molar-refractivity contribution < 1.29 is 4.79 Å². The maximum absolute atomic E-state index is 11.9. The number of carbonyl (C=O) groups excluding carboxylic acids is 1. The predicted molar refractivity (Wildman–Crippen MR) is 98.1 cm³/mol. The van der Waals surface area contributed by atoms with Crippen LogP contribution in [0.25, 0.3) is 0 Å². The second kappa shape index (κ2) is 9.35. The van der Waals surface area contributed by atoms with Crippen molar-refractivity contribution >= 4 is 11.9 Å². The number of guanidine groups is 1. The predicted octanol–water partition coefficient (Wildman–Crippen LogP) is 2.34. The summed E-state index contributed by atoms with van der Waals surface area (Å²) in [6.45, 7) is 3.20. The largest absolute Gasteiger partial charge is 0.355 e. The van der Waals surface area contributed by atoms with Gasteiger partial charge in [-0.1, -0.05) is 48.5 Å². The van der Waals surface area contributed by atoms with E-state index < -0.39 is 0 Å². The molecule has 2 aromatic carbocycles. The number of carbonyl (C=O) groups is 1. The lowest BCUT2D eigenvalue weighted by atomic mass is 10.1. The van der Waals surface area contributed by atoms with Crippen LogP contribution in [-0.4, -0.2) is 32.0 Å². The third-order valence-electron chi connectivity index (χ3n) is 3.62. The fourth-order valence-corrected chi connectivity index (χ4v) is 2.27. The molecular formula is C19H24N4O. The summed E-state index contributed by atoms with van der Waals surface area (Å²) in [7, 11) is 1.73. The highest BCUT2D eigenvalue weighted by molar-refractivity contribution is 5.94. The molecule has 0 aliphatic carbocycles. The van der Waals surface area contributed by atoms with Gasteiger partial charge in [-0.15, -0.1) is 0 Å². The van der Waals surface area contributed by atoms with Gasteiger partial charge in [0.1, 0.15) is 0 Å². The second-order valence-electron chi connectivity index (χ2n) is 5.40. The smallest absolute Gasteiger partial charge is 0.251 e. The molecule has 1 unspecified atom stereocenters. The van der Waals surface area contributed by atoms with Gasteiger partial charge in [-0.2, -0.15) is 0 Å². The lowest BCUT2D eigenvalue weighted by molar-refractivity contribution is 0.0954. The quantitative estimate of drug-likeness (QED) is 0.434. The first-order chi connectivity index (χ1) is 11.7. The molecule has 2 rings (SSSR count). The number of benzene rings is 2. The molecule has 5 nitrogen and oxygen atoms in total. The van der Waals surface area contributed by atoms with Crippen LogP contribution in [0.3, 0.4) is 0 Å². The number of hydrogen-bond donors (Lipinski definition) is 3. The van der Waals surface area contributed by atoms with Gasteiger partial charge in [-0.3, -0.25) is 9.79 Å². The van der Waals surface area contributed by atoms with Crippen molar-refractivity contribution in [2.45, 2.75) is 13.0 Å². The number of rotatable bonds is 6. The highest BCUT2D eigenvalue weighted by Gasteiger charge is 2.07. The summed E-state index contributed by atoms with van der Waals surface area (Å²) in [4.78, 5) is 16.1. The summed E-state index contributed by atoms with van der Waals surface area (Å²) >= 11 is 0. The van der Waals surface area contributed by atoms with Crippen LogP contribution in [0.15, 0.2) is 65.7 Å². The molecule has 0 aliphatic heterocycles. The zero-order valence-corrected chi connectivity index (χ0v) is 14.1. The van der Waals surface area contributed by atoms with Crippen molar-refractivity contribution in [2.24, 2.45) is 4.99 Å². The van der Waals surface area contributed by atoms with Gasteiger partial charge in [0, 0.05) is 25.7 Å². The van der Waals surface area contributed by atoms with E-state index >= 15 is 0 Å². The number of nitrogens with one attached hydrogen (secondary N) is 3. The Hall–Kier alpha value is -2.82. The van der Waals surface area contributed by atoms with Crippen molar-refractivity contribution in [3.8, 4) is 0 Å². The van der Waals surface area contributed by atoms with Crippen LogP contribution in [0.5, 0.6) is 0 Å². The minimum Gasteiger partial charge on any atom is -0.355 e. The molecule has 0 radical (unpaired) electrons. The summed E-state index contributed by atoms with van der Waals surface area (Å²) in [6, 6.07) is 19.5. The Morgan fingerprint density at radius 3 is 2.17 bits per heavy atom. The Morgan fingerprint density at radius 1 is 0.958 bits per heavy atom. The molecule has 1 amide bonds. The standard InChI is InChI=1S/C19H24N4O/c1-15(16-9-5-3-6-10-16)23-19(20-2)22-14-13-21-18(24)17-11-7-4-8-12-17/h3-12,15H,13-14H2,1-2H3,(H,21,24)(H2,20,22,23). The van der Waals surface area contributed by atoms with Crippen molar-refractivity contribution in [1.82, 2.24) is 16.0 Å². The zero-order chi connectivity index (χ0) is 17.2. The van der Waals surface area contributed by atoms with Crippen molar-refractivity contribution in [2.75, 3.05) is 20.1 Å². The van der Waals surface area contributed by atoms with Crippen LogP contribution in [0.4, 0.5) is 0 Å². The van der Waals surface area contributed by atoms with Crippen molar-refractivity contribution in [3.63, 3.8) is 0 Å². The Balaban J connectivity index is 1.73. The lowest BCUT2D eigenvalue weighted by Crippen LogP contribution is -2.42. The fraction of sp³-hybridized carbons (Fsp3) is 0.263. The molecule has 126 valence electrons. The first-order valence-electron chi connectivity index (χ1n) is 8.06. The number of nitrogens with zero attached hydrogens (tertiary/aromatic N) is 1. The first-order valence-corrected chi connectivity index (χ1v) is 8.06. The summed E-state index contributed by atoms with van der Waals surface area (Å²) in [6.07, 6.45) is 0. The Bertz CT molecular complexity index is 656. The average molecular weight is 324 g/mol. The topological polar surface area (TPSA) is 65.5 Å². The third-order valence-corrected chi connectivity index (χ3v) is 3.62. The van der Waals surface area contributed by atoms with Crippen LogP contribution >= 0.6 is 0 Å². The summed E-state index contributed by atoms with van der Waals surface area (Å²) in [5.74, 6) is 0.637. The maximum Gasteiger partial charge on any atom is 0.251 e. The molecule has 3 N–H and O–H groups in total. The van der Waals surface area contributed by atoms with E-state index in [1.54, 1.807) is 19.2 Å². The maximum atomic E-state index is 11.9. The van der Waals surface area contributed by atoms with E-state index in [9.17, 15) is 4.79 Å². The molecule has 5 heteroatoms. The van der Waals surface area contributed by atoms with Gasteiger partial charge >= 0.3 is 0 Å². The molecular weight excluding hydrogens is 300 g/mol. The van der Waals surface area contributed by atoms with Gasteiger partial charge in [-0.05, 0) is 24.6 Å². The van der Waals surface area contributed by atoms with E-state index in [1.807, 2.05) is 36.4 Å². The van der Waals surface area contributed by atoms with Crippen molar-refractivity contribution in [1.29, 1.82) is 0 Å². The van der Waals surface area contributed by atoms with Gasteiger partial charge in [0.25, 0.3) is 5.91 Å². The minimum atomic E-state index is -0.0713. The van der Waals surface area contributed by atoms with Crippen LogP contribution in [0.1, 0.15) is 28.9 Å². The van der Waals surface area contributed by atoms with Crippen LogP contribution in [0.2, 0.25) is 0 Å². The highest BCUT2D eigenvalue weighted by atomic mass is 16.1. The lowest BCUT2D eigenvalue weighted by Gasteiger charge is -2.18. The van der Waals surface area contributed by atoms with E-state index in [-0.39, 0.29) is 11.9 Å². The van der Waals surface area contributed by atoms with Crippen LogP contribution < -0.4 is 16.0 Å². The summed E-state index contributed by atoms with van der Waals surface area (Å²) in [5, 5.41) is 9.41. The zero-order valence-electron chi connectivity index (χ0n) is 14.1. The molecule has 0 saturated heterocycles. The molecule has 1 atom stereocenters. The SMILES string of the molecule is CN=C(NCCNC(=O)c1ccccc1)NC(C)c1ccccc1. The monoisotopic (exact) mass is 324 g/mol. The molecule has 0 bridgehead atoms. The van der Waals surface area contributed by atoms with E-state index in [1.165, 1.54) is 5.56 Å². The van der Waals surface area contributed by atoms with E-state index in [0.717, 1.165) is 0 Å². The molecule has 2 aromatic rings.